The van der Waals surface area contributed by atoms with Crippen LogP contribution in [0.1, 0.15) is 20.3 Å². The first kappa shape index (κ1) is 12.5. The van der Waals surface area contributed by atoms with Crippen LogP contribution in [-0.4, -0.2) is 6.10 Å². The van der Waals surface area contributed by atoms with Crippen LogP contribution in [0, 0.1) is 0 Å². The van der Waals surface area contributed by atoms with E-state index in [4.69, 9.17) is 10.5 Å². The second-order valence-electron chi connectivity index (χ2n) is 4.46. The molecule has 0 radical (unpaired) electrons. The van der Waals surface area contributed by atoms with Gasteiger partial charge in [-0.15, -0.1) is 0 Å². The SMILES string of the molecule is CCC(C)Oc1ccc(-c2ccccc2)cc1N. The lowest BCUT2D eigenvalue weighted by atomic mass is 10.0. The number of anilines is 1. The van der Waals surface area contributed by atoms with E-state index >= 15 is 0 Å². The molecular weight excluding hydrogens is 222 g/mol. The Morgan fingerprint density at radius 3 is 2.39 bits per heavy atom. The molecule has 2 rings (SSSR count). The molecule has 2 heteroatoms. The molecule has 94 valence electrons. The molecule has 0 amide bonds. The minimum absolute atomic E-state index is 0.190. The molecule has 2 N–H and O–H groups in total. The summed E-state index contributed by atoms with van der Waals surface area (Å²) in [6, 6.07) is 16.2. The van der Waals surface area contributed by atoms with Crippen LogP contribution in [-0.2, 0) is 0 Å². The minimum atomic E-state index is 0.190. The molecule has 1 atom stereocenters. The highest BCUT2D eigenvalue weighted by atomic mass is 16.5. The lowest BCUT2D eigenvalue weighted by molar-refractivity contribution is 0.219. The molecule has 1 unspecified atom stereocenters. The summed E-state index contributed by atoms with van der Waals surface area (Å²) in [5.74, 6) is 0.768. The van der Waals surface area contributed by atoms with Gasteiger partial charge in [0.2, 0.25) is 0 Å². The van der Waals surface area contributed by atoms with E-state index in [1.165, 1.54) is 5.56 Å². The van der Waals surface area contributed by atoms with E-state index in [0.717, 1.165) is 17.7 Å². The number of benzene rings is 2. The number of hydrogen-bond donors (Lipinski definition) is 1. The first-order valence-corrected chi connectivity index (χ1v) is 6.32. The van der Waals surface area contributed by atoms with Gasteiger partial charge in [-0.25, -0.2) is 0 Å². The minimum Gasteiger partial charge on any atom is -0.489 e. The Kier molecular flexibility index (Phi) is 3.88. The maximum Gasteiger partial charge on any atom is 0.142 e. The summed E-state index contributed by atoms with van der Waals surface area (Å²) in [4.78, 5) is 0. The zero-order valence-electron chi connectivity index (χ0n) is 10.9. The third kappa shape index (κ3) is 2.83. The Bertz CT molecular complexity index is 508. The largest absolute Gasteiger partial charge is 0.489 e. The number of hydrogen-bond acceptors (Lipinski definition) is 2. The van der Waals surface area contributed by atoms with Gasteiger partial charge in [-0.2, -0.15) is 0 Å². The summed E-state index contributed by atoms with van der Waals surface area (Å²) in [6.07, 6.45) is 1.16. The van der Waals surface area contributed by atoms with Gasteiger partial charge in [0, 0.05) is 0 Å². The van der Waals surface area contributed by atoms with Gasteiger partial charge in [0.25, 0.3) is 0 Å². The van der Waals surface area contributed by atoms with E-state index in [-0.39, 0.29) is 6.10 Å². The van der Waals surface area contributed by atoms with Gasteiger partial charge in [-0.1, -0.05) is 43.3 Å². The Labute approximate surface area is 108 Å². The van der Waals surface area contributed by atoms with Crippen LogP contribution in [0.3, 0.4) is 0 Å². The molecule has 0 saturated heterocycles. The van der Waals surface area contributed by atoms with Crippen LogP contribution >= 0.6 is 0 Å². The highest BCUT2D eigenvalue weighted by Crippen LogP contribution is 2.29. The standard InChI is InChI=1S/C16H19NO/c1-3-12(2)18-16-10-9-14(11-15(16)17)13-7-5-4-6-8-13/h4-12H,3,17H2,1-2H3. The third-order valence-electron chi connectivity index (χ3n) is 3.02. The summed E-state index contributed by atoms with van der Waals surface area (Å²) in [6.45, 7) is 4.14. The van der Waals surface area contributed by atoms with E-state index in [0.29, 0.717) is 5.69 Å². The van der Waals surface area contributed by atoms with Gasteiger partial charge in [0.1, 0.15) is 5.75 Å². The monoisotopic (exact) mass is 241 g/mol. The molecule has 0 aliphatic heterocycles. The predicted molar refractivity (Wildman–Crippen MR) is 76.7 cm³/mol. The van der Waals surface area contributed by atoms with Crippen LogP contribution in [0.25, 0.3) is 11.1 Å². The highest BCUT2D eigenvalue weighted by Gasteiger charge is 2.06. The van der Waals surface area contributed by atoms with Crippen molar-refractivity contribution in [2.24, 2.45) is 0 Å². The molecule has 0 saturated carbocycles. The topological polar surface area (TPSA) is 35.2 Å². The Balaban J connectivity index is 2.25. The van der Waals surface area contributed by atoms with Crippen molar-refractivity contribution in [3.63, 3.8) is 0 Å². The van der Waals surface area contributed by atoms with E-state index in [2.05, 4.69) is 19.1 Å². The van der Waals surface area contributed by atoms with E-state index < -0.39 is 0 Å². The van der Waals surface area contributed by atoms with Gasteiger partial charge in [-0.05, 0) is 36.6 Å². The summed E-state index contributed by atoms with van der Waals surface area (Å²) < 4.78 is 5.76. The van der Waals surface area contributed by atoms with Crippen molar-refractivity contribution in [3.8, 4) is 16.9 Å². The smallest absolute Gasteiger partial charge is 0.142 e. The van der Waals surface area contributed by atoms with Gasteiger partial charge in [0.05, 0.1) is 11.8 Å². The van der Waals surface area contributed by atoms with Crippen molar-refractivity contribution >= 4 is 5.69 Å². The zero-order valence-corrected chi connectivity index (χ0v) is 10.9. The number of ether oxygens (including phenoxy) is 1. The second kappa shape index (κ2) is 5.58. The molecule has 2 aromatic carbocycles. The van der Waals surface area contributed by atoms with Gasteiger partial charge < -0.3 is 10.5 Å². The van der Waals surface area contributed by atoms with Crippen molar-refractivity contribution in [3.05, 3.63) is 48.5 Å². The first-order valence-electron chi connectivity index (χ1n) is 6.32. The molecular formula is C16H19NO. The van der Waals surface area contributed by atoms with Gasteiger partial charge in [0.15, 0.2) is 0 Å². The fourth-order valence-corrected chi connectivity index (χ4v) is 1.77. The summed E-state index contributed by atoms with van der Waals surface area (Å²) in [5.41, 5.74) is 9.01. The van der Waals surface area contributed by atoms with Crippen molar-refractivity contribution < 1.29 is 4.74 Å². The normalized spacial score (nSPS) is 12.1. The summed E-state index contributed by atoms with van der Waals surface area (Å²) in [7, 11) is 0. The van der Waals surface area contributed by atoms with Crippen molar-refractivity contribution in [2.75, 3.05) is 5.73 Å². The van der Waals surface area contributed by atoms with Gasteiger partial charge >= 0.3 is 0 Å². The fraction of sp³-hybridized carbons (Fsp3) is 0.250. The molecule has 0 spiro atoms. The number of nitrogen functional groups attached to an aromatic ring is 1. The van der Waals surface area contributed by atoms with Crippen LogP contribution < -0.4 is 10.5 Å². The van der Waals surface area contributed by atoms with Crippen LogP contribution in [0.5, 0.6) is 5.75 Å². The van der Waals surface area contributed by atoms with Crippen LogP contribution in [0.2, 0.25) is 0 Å². The second-order valence-corrected chi connectivity index (χ2v) is 4.46. The maximum absolute atomic E-state index is 6.04. The average Bonchev–Trinajstić information content (AvgIpc) is 2.42. The lowest BCUT2D eigenvalue weighted by Gasteiger charge is -2.15. The third-order valence-corrected chi connectivity index (χ3v) is 3.02. The van der Waals surface area contributed by atoms with Crippen molar-refractivity contribution in [1.29, 1.82) is 0 Å². The molecule has 0 aromatic heterocycles. The van der Waals surface area contributed by atoms with Crippen LogP contribution in [0.4, 0.5) is 5.69 Å². The summed E-state index contributed by atoms with van der Waals surface area (Å²) >= 11 is 0. The van der Waals surface area contributed by atoms with Crippen molar-refractivity contribution in [1.82, 2.24) is 0 Å². The molecule has 0 aliphatic carbocycles. The van der Waals surface area contributed by atoms with E-state index in [1.54, 1.807) is 0 Å². The quantitative estimate of drug-likeness (QED) is 0.817. The fourth-order valence-electron chi connectivity index (χ4n) is 1.77. The van der Waals surface area contributed by atoms with Crippen LogP contribution in [0.15, 0.2) is 48.5 Å². The number of nitrogens with two attached hydrogens (primary N) is 1. The Morgan fingerprint density at radius 1 is 1.06 bits per heavy atom. The van der Waals surface area contributed by atoms with Gasteiger partial charge in [-0.3, -0.25) is 0 Å². The summed E-state index contributed by atoms with van der Waals surface area (Å²) in [5, 5.41) is 0. The molecule has 0 fully saturated rings. The Hall–Kier alpha value is -1.96. The predicted octanol–water partition coefficient (Wildman–Crippen LogP) is 4.11. The molecule has 0 bridgehead atoms. The molecule has 0 aliphatic rings. The Morgan fingerprint density at radius 2 is 1.78 bits per heavy atom. The van der Waals surface area contributed by atoms with Crippen molar-refractivity contribution in [2.45, 2.75) is 26.4 Å². The average molecular weight is 241 g/mol. The number of rotatable bonds is 4. The molecule has 18 heavy (non-hydrogen) atoms. The zero-order chi connectivity index (χ0) is 13.0. The molecule has 2 aromatic rings. The van der Waals surface area contributed by atoms with E-state index in [1.807, 2.05) is 43.3 Å². The lowest BCUT2D eigenvalue weighted by Crippen LogP contribution is -2.10. The molecule has 0 heterocycles. The highest BCUT2D eigenvalue weighted by molar-refractivity contribution is 5.70. The first-order chi connectivity index (χ1) is 8.70. The van der Waals surface area contributed by atoms with E-state index in [9.17, 15) is 0 Å². The maximum atomic E-state index is 6.04. The molecule has 2 nitrogen and oxygen atoms in total.